The van der Waals surface area contributed by atoms with Gasteiger partial charge in [0, 0.05) is 36.8 Å². The highest BCUT2D eigenvalue weighted by atomic mass is 35.5. The molecule has 2 atom stereocenters. The Morgan fingerprint density at radius 1 is 1.03 bits per heavy atom. The van der Waals surface area contributed by atoms with Crippen molar-refractivity contribution in [1.82, 2.24) is 19.9 Å². The minimum atomic E-state index is -0.561. The van der Waals surface area contributed by atoms with Crippen molar-refractivity contribution in [3.05, 3.63) is 65.5 Å². The molecule has 8 heteroatoms. The molecule has 0 spiro atoms. The highest BCUT2D eigenvalue weighted by molar-refractivity contribution is 6.30. The molecular weight excluding hydrogens is 416 g/mol. The van der Waals surface area contributed by atoms with Crippen molar-refractivity contribution in [3.63, 3.8) is 0 Å². The lowest BCUT2D eigenvalue weighted by Crippen LogP contribution is -2.52. The van der Waals surface area contributed by atoms with E-state index in [4.69, 9.17) is 20.9 Å². The van der Waals surface area contributed by atoms with E-state index < -0.39 is 6.10 Å². The Bertz CT molecular complexity index is 1000. The molecule has 0 bridgehead atoms. The van der Waals surface area contributed by atoms with Gasteiger partial charge in [-0.25, -0.2) is 0 Å². The Morgan fingerprint density at radius 3 is 2.39 bits per heavy atom. The molecule has 2 aromatic carbocycles. The van der Waals surface area contributed by atoms with Crippen molar-refractivity contribution in [1.29, 1.82) is 0 Å². The lowest BCUT2D eigenvalue weighted by atomic mass is 10.2. The standard InChI is InChI=1S/C23H25ClN4O3/c1-16(22-25-21(26-31-22)18-6-4-3-5-7-18)27-12-14-28(15-13-27)23(29)17(2)30-20-10-8-19(24)9-11-20/h3-11,16-17H,12-15H2,1-2H3/t16-,17+/m0/s1. The van der Waals surface area contributed by atoms with Gasteiger partial charge in [0.1, 0.15) is 5.75 Å². The summed E-state index contributed by atoms with van der Waals surface area (Å²) in [7, 11) is 0. The number of nitrogens with zero attached hydrogens (tertiary/aromatic N) is 4. The summed E-state index contributed by atoms with van der Waals surface area (Å²) in [6.45, 7) is 6.52. The van der Waals surface area contributed by atoms with E-state index in [1.165, 1.54) is 0 Å². The maximum absolute atomic E-state index is 12.8. The number of halogens is 1. The lowest BCUT2D eigenvalue weighted by Gasteiger charge is -2.37. The molecule has 1 fully saturated rings. The zero-order valence-corrected chi connectivity index (χ0v) is 18.3. The Kier molecular flexibility index (Phi) is 6.53. The normalized spacial score (nSPS) is 16.7. The maximum atomic E-state index is 12.8. The van der Waals surface area contributed by atoms with Crippen LogP contribution >= 0.6 is 11.6 Å². The van der Waals surface area contributed by atoms with Crippen LogP contribution in [0.1, 0.15) is 25.8 Å². The third-order valence-electron chi connectivity index (χ3n) is 5.48. The number of carbonyl (C=O) groups is 1. The first kappa shape index (κ1) is 21.3. The van der Waals surface area contributed by atoms with Gasteiger partial charge in [-0.3, -0.25) is 9.69 Å². The second kappa shape index (κ2) is 9.49. The molecule has 0 radical (unpaired) electrons. The maximum Gasteiger partial charge on any atom is 0.263 e. The van der Waals surface area contributed by atoms with Gasteiger partial charge in [0.05, 0.1) is 6.04 Å². The topological polar surface area (TPSA) is 71.7 Å². The van der Waals surface area contributed by atoms with Gasteiger partial charge >= 0.3 is 0 Å². The highest BCUT2D eigenvalue weighted by Crippen LogP contribution is 2.24. The largest absolute Gasteiger partial charge is 0.481 e. The van der Waals surface area contributed by atoms with Crippen LogP contribution < -0.4 is 4.74 Å². The van der Waals surface area contributed by atoms with Gasteiger partial charge in [0.15, 0.2) is 6.10 Å². The van der Waals surface area contributed by atoms with Crippen LogP contribution in [0.15, 0.2) is 59.1 Å². The van der Waals surface area contributed by atoms with E-state index in [-0.39, 0.29) is 11.9 Å². The van der Waals surface area contributed by atoms with E-state index in [2.05, 4.69) is 15.0 Å². The van der Waals surface area contributed by atoms with Crippen molar-refractivity contribution in [2.45, 2.75) is 26.0 Å². The number of rotatable bonds is 6. The zero-order chi connectivity index (χ0) is 21.8. The van der Waals surface area contributed by atoms with Gasteiger partial charge in [-0.15, -0.1) is 0 Å². The number of piperazine rings is 1. The average molecular weight is 441 g/mol. The van der Waals surface area contributed by atoms with E-state index in [0.29, 0.717) is 35.6 Å². The molecule has 7 nitrogen and oxygen atoms in total. The van der Waals surface area contributed by atoms with Crippen LogP contribution in [0.5, 0.6) is 5.75 Å². The predicted molar refractivity (Wildman–Crippen MR) is 118 cm³/mol. The van der Waals surface area contributed by atoms with Crippen molar-refractivity contribution < 1.29 is 14.1 Å². The van der Waals surface area contributed by atoms with Crippen LogP contribution in [-0.2, 0) is 4.79 Å². The monoisotopic (exact) mass is 440 g/mol. The number of hydrogen-bond donors (Lipinski definition) is 0. The van der Waals surface area contributed by atoms with Gasteiger partial charge in [-0.1, -0.05) is 47.1 Å². The predicted octanol–water partition coefficient (Wildman–Crippen LogP) is 4.06. The van der Waals surface area contributed by atoms with Gasteiger partial charge in [-0.2, -0.15) is 4.98 Å². The van der Waals surface area contributed by atoms with Crippen molar-refractivity contribution >= 4 is 17.5 Å². The molecule has 2 heterocycles. The summed E-state index contributed by atoms with van der Waals surface area (Å²) in [6, 6.07) is 16.8. The minimum Gasteiger partial charge on any atom is -0.481 e. The summed E-state index contributed by atoms with van der Waals surface area (Å²) in [5.41, 5.74) is 0.926. The van der Waals surface area contributed by atoms with Gasteiger partial charge in [0.2, 0.25) is 11.7 Å². The van der Waals surface area contributed by atoms with Gasteiger partial charge in [0.25, 0.3) is 5.91 Å². The zero-order valence-electron chi connectivity index (χ0n) is 17.6. The first-order valence-electron chi connectivity index (χ1n) is 10.4. The molecule has 1 saturated heterocycles. The quantitative estimate of drug-likeness (QED) is 0.575. The summed E-state index contributed by atoms with van der Waals surface area (Å²) in [5.74, 6) is 1.78. The third-order valence-corrected chi connectivity index (χ3v) is 5.73. The first-order chi connectivity index (χ1) is 15.0. The van der Waals surface area contributed by atoms with Gasteiger partial charge in [-0.05, 0) is 38.1 Å². The molecule has 4 rings (SSSR count). The second-order valence-electron chi connectivity index (χ2n) is 7.57. The SMILES string of the molecule is C[C@@H](Oc1ccc(Cl)cc1)C(=O)N1CCN([C@@H](C)c2nc(-c3ccccc3)no2)CC1. The summed E-state index contributed by atoms with van der Waals surface area (Å²) in [4.78, 5) is 21.4. The van der Waals surface area contributed by atoms with Crippen LogP contribution in [0.3, 0.4) is 0 Å². The average Bonchev–Trinajstić information content (AvgIpc) is 3.31. The second-order valence-corrected chi connectivity index (χ2v) is 8.01. The molecule has 1 amide bonds. The Morgan fingerprint density at radius 2 is 1.71 bits per heavy atom. The fourth-order valence-electron chi connectivity index (χ4n) is 3.62. The van der Waals surface area contributed by atoms with Crippen LogP contribution in [0.2, 0.25) is 5.02 Å². The summed E-state index contributed by atoms with van der Waals surface area (Å²) in [6.07, 6.45) is -0.561. The lowest BCUT2D eigenvalue weighted by molar-refractivity contribution is -0.140. The molecule has 162 valence electrons. The van der Waals surface area contributed by atoms with Crippen molar-refractivity contribution in [2.75, 3.05) is 26.2 Å². The van der Waals surface area contributed by atoms with E-state index in [9.17, 15) is 4.79 Å². The molecule has 1 aliphatic rings. The van der Waals surface area contributed by atoms with Crippen LogP contribution in [0.4, 0.5) is 0 Å². The molecule has 0 saturated carbocycles. The molecule has 0 aliphatic carbocycles. The van der Waals surface area contributed by atoms with Crippen LogP contribution in [-0.4, -0.2) is 58.1 Å². The van der Waals surface area contributed by atoms with Crippen LogP contribution in [0, 0.1) is 0 Å². The third kappa shape index (κ3) is 5.06. The number of amides is 1. The molecule has 0 N–H and O–H groups in total. The summed E-state index contributed by atoms with van der Waals surface area (Å²) in [5, 5.41) is 4.74. The number of ether oxygens (including phenoxy) is 1. The minimum absolute atomic E-state index is 0.0218. The van der Waals surface area contributed by atoms with Gasteiger partial charge < -0.3 is 14.2 Å². The molecule has 1 aliphatic heterocycles. The van der Waals surface area contributed by atoms with E-state index >= 15 is 0 Å². The van der Waals surface area contributed by atoms with E-state index in [0.717, 1.165) is 18.7 Å². The van der Waals surface area contributed by atoms with Crippen molar-refractivity contribution in [2.24, 2.45) is 0 Å². The molecular formula is C23H25ClN4O3. The van der Waals surface area contributed by atoms with Crippen molar-refractivity contribution in [3.8, 4) is 17.1 Å². The molecule has 1 aromatic heterocycles. The fourth-order valence-corrected chi connectivity index (χ4v) is 3.75. The Labute approximate surface area is 186 Å². The summed E-state index contributed by atoms with van der Waals surface area (Å²) >= 11 is 5.90. The molecule has 0 unspecified atom stereocenters. The number of carbonyl (C=O) groups excluding carboxylic acids is 1. The van der Waals surface area contributed by atoms with Crippen LogP contribution in [0.25, 0.3) is 11.4 Å². The fraction of sp³-hybridized carbons (Fsp3) is 0.348. The Hall–Kier alpha value is -2.90. The smallest absolute Gasteiger partial charge is 0.263 e. The molecule has 3 aromatic rings. The highest BCUT2D eigenvalue weighted by Gasteiger charge is 2.30. The number of hydrogen-bond acceptors (Lipinski definition) is 6. The first-order valence-corrected chi connectivity index (χ1v) is 10.7. The van der Waals surface area contributed by atoms with E-state index in [1.807, 2.05) is 42.2 Å². The number of benzene rings is 2. The Balaban J connectivity index is 1.31. The summed E-state index contributed by atoms with van der Waals surface area (Å²) < 4.78 is 11.3. The number of aromatic nitrogens is 2. The molecule has 31 heavy (non-hydrogen) atoms. The van der Waals surface area contributed by atoms with E-state index in [1.54, 1.807) is 31.2 Å².